The van der Waals surface area contributed by atoms with Crippen LogP contribution in [0.15, 0.2) is 0 Å². The van der Waals surface area contributed by atoms with E-state index in [0.29, 0.717) is 0 Å². The molecule has 0 bridgehead atoms. The van der Waals surface area contributed by atoms with Gasteiger partial charge < -0.3 is 5.32 Å². The second kappa shape index (κ2) is 4.74. The number of hydrogen-bond donors (Lipinski definition) is 1. The Kier molecular flexibility index (Phi) is 4.60. The molecular formula is C7H12F3NOS. The molecule has 0 radical (unpaired) electrons. The molecule has 2 nitrogen and oxygen atoms in total. The normalized spacial score (nSPS) is 14.4. The Morgan fingerprint density at radius 1 is 1.31 bits per heavy atom. The Morgan fingerprint density at radius 2 is 1.77 bits per heavy atom. The first-order chi connectivity index (χ1) is 5.73. The van der Waals surface area contributed by atoms with Crippen LogP contribution >= 0.6 is 11.8 Å². The zero-order chi connectivity index (χ0) is 10.6. The van der Waals surface area contributed by atoms with E-state index in [1.54, 1.807) is 13.8 Å². The lowest BCUT2D eigenvalue weighted by atomic mass is 10.4. The van der Waals surface area contributed by atoms with Crippen molar-refractivity contribution < 1.29 is 18.0 Å². The van der Waals surface area contributed by atoms with Gasteiger partial charge in [-0.15, -0.1) is 0 Å². The number of amides is 1. The minimum Gasteiger partial charge on any atom is -0.345 e. The Balaban J connectivity index is 3.93. The van der Waals surface area contributed by atoms with E-state index in [1.807, 2.05) is 0 Å². The topological polar surface area (TPSA) is 29.1 Å². The van der Waals surface area contributed by atoms with Gasteiger partial charge in [-0.3, -0.25) is 4.79 Å². The molecule has 1 amide bonds. The van der Waals surface area contributed by atoms with E-state index in [9.17, 15) is 18.0 Å². The number of carbonyl (C=O) groups excluding carboxylic acids is 1. The first-order valence-corrected chi connectivity index (χ1v) is 4.65. The van der Waals surface area contributed by atoms with Crippen molar-refractivity contribution in [1.82, 2.24) is 5.32 Å². The van der Waals surface area contributed by atoms with E-state index in [2.05, 4.69) is 5.32 Å². The van der Waals surface area contributed by atoms with Crippen molar-refractivity contribution in [1.29, 1.82) is 0 Å². The molecule has 0 aromatic rings. The van der Waals surface area contributed by atoms with Crippen LogP contribution in [0, 0.1) is 0 Å². The van der Waals surface area contributed by atoms with Gasteiger partial charge in [0.2, 0.25) is 0 Å². The highest BCUT2D eigenvalue weighted by Gasteiger charge is 2.38. The summed E-state index contributed by atoms with van der Waals surface area (Å²) in [7, 11) is 0. The molecule has 0 aromatic carbocycles. The molecule has 1 N–H and O–H groups in total. The second-order valence-corrected chi connectivity index (χ2v) is 4.20. The zero-order valence-electron chi connectivity index (χ0n) is 7.61. The van der Waals surface area contributed by atoms with Gasteiger partial charge in [-0.1, -0.05) is 11.8 Å². The van der Waals surface area contributed by atoms with E-state index in [1.165, 1.54) is 0 Å². The van der Waals surface area contributed by atoms with Gasteiger partial charge in [-0.05, 0) is 20.8 Å². The maximum absolute atomic E-state index is 11.9. The summed E-state index contributed by atoms with van der Waals surface area (Å²) in [5, 5.41) is 0.0698. The third-order valence-electron chi connectivity index (χ3n) is 1.15. The highest BCUT2D eigenvalue weighted by atomic mass is 32.2. The molecule has 0 aliphatic carbocycles. The van der Waals surface area contributed by atoms with Gasteiger partial charge in [0.25, 0.3) is 5.24 Å². The summed E-state index contributed by atoms with van der Waals surface area (Å²) < 4.78 is 35.8. The molecule has 78 valence electrons. The molecule has 0 saturated carbocycles. The summed E-state index contributed by atoms with van der Waals surface area (Å²) in [6.07, 6.45) is -4.32. The van der Waals surface area contributed by atoms with Crippen molar-refractivity contribution in [3.8, 4) is 0 Å². The summed E-state index contributed by atoms with van der Waals surface area (Å²) in [5.41, 5.74) is 0. The van der Waals surface area contributed by atoms with Crippen LogP contribution in [0.1, 0.15) is 20.8 Å². The lowest BCUT2D eigenvalue weighted by Gasteiger charge is -2.15. The fourth-order valence-electron chi connectivity index (χ4n) is 0.497. The molecule has 1 unspecified atom stereocenters. The van der Waals surface area contributed by atoms with Gasteiger partial charge in [0.1, 0.15) is 5.25 Å². The number of nitrogens with one attached hydrogen (secondary N) is 1. The van der Waals surface area contributed by atoms with Crippen LogP contribution in [-0.4, -0.2) is 22.7 Å². The molecule has 0 rings (SSSR count). The molecule has 0 aromatic heterocycles. The monoisotopic (exact) mass is 215 g/mol. The van der Waals surface area contributed by atoms with Gasteiger partial charge in [0.15, 0.2) is 0 Å². The number of carbonyl (C=O) groups is 1. The largest absolute Gasteiger partial charge is 0.400 e. The number of halogens is 3. The Labute approximate surface area is 79.3 Å². The lowest BCUT2D eigenvalue weighted by molar-refractivity contribution is -0.125. The van der Waals surface area contributed by atoms with E-state index in [-0.39, 0.29) is 17.8 Å². The van der Waals surface area contributed by atoms with Crippen molar-refractivity contribution >= 4 is 17.0 Å². The van der Waals surface area contributed by atoms with Crippen molar-refractivity contribution in [3.05, 3.63) is 0 Å². The predicted octanol–water partition coefficient (Wildman–Crippen LogP) is 2.79. The zero-order valence-corrected chi connectivity index (χ0v) is 8.42. The second-order valence-electron chi connectivity index (χ2n) is 2.89. The van der Waals surface area contributed by atoms with Crippen molar-refractivity contribution in [2.45, 2.75) is 38.2 Å². The average molecular weight is 215 g/mol. The van der Waals surface area contributed by atoms with Crippen LogP contribution in [0.25, 0.3) is 0 Å². The third-order valence-corrected chi connectivity index (χ3v) is 2.10. The molecule has 0 saturated heterocycles. The minimum absolute atomic E-state index is 0.138. The quantitative estimate of drug-likeness (QED) is 0.767. The van der Waals surface area contributed by atoms with Crippen LogP contribution in [-0.2, 0) is 0 Å². The summed E-state index contributed by atoms with van der Waals surface area (Å²) in [6.45, 7) is 4.35. The highest BCUT2D eigenvalue weighted by Crippen LogP contribution is 2.30. The molecule has 1 atom stereocenters. The van der Waals surface area contributed by atoms with E-state index < -0.39 is 16.7 Å². The van der Waals surface area contributed by atoms with Crippen LogP contribution in [0.2, 0.25) is 0 Å². The van der Waals surface area contributed by atoms with Crippen molar-refractivity contribution in [2.75, 3.05) is 0 Å². The maximum Gasteiger partial charge on any atom is 0.400 e. The summed E-state index contributed by atoms with van der Waals surface area (Å²) in [6, 6.07) is -0.138. The maximum atomic E-state index is 11.9. The summed E-state index contributed by atoms with van der Waals surface area (Å²) in [4.78, 5) is 10.9. The fourth-order valence-corrected chi connectivity index (χ4v) is 1.26. The Bertz CT molecular complexity index is 181. The van der Waals surface area contributed by atoms with Gasteiger partial charge in [0.05, 0.1) is 0 Å². The number of rotatable bonds is 2. The SMILES string of the molecule is CC(C)NC(=O)SC(C)C(F)(F)F. The Hall–Kier alpha value is -0.390. The Morgan fingerprint density at radius 3 is 2.08 bits per heavy atom. The van der Waals surface area contributed by atoms with Crippen LogP contribution in [0.4, 0.5) is 18.0 Å². The van der Waals surface area contributed by atoms with Gasteiger partial charge in [-0.25, -0.2) is 0 Å². The highest BCUT2D eigenvalue weighted by molar-refractivity contribution is 8.14. The first kappa shape index (κ1) is 12.6. The molecule has 0 fully saturated rings. The van der Waals surface area contributed by atoms with Crippen LogP contribution in [0.5, 0.6) is 0 Å². The molecule has 0 aliphatic heterocycles. The van der Waals surface area contributed by atoms with Gasteiger partial charge in [0, 0.05) is 6.04 Å². The number of hydrogen-bond acceptors (Lipinski definition) is 2. The third kappa shape index (κ3) is 5.79. The van der Waals surface area contributed by atoms with E-state index in [4.69, 9.17) is 0 Å². The summed E-state index contributed by atoms with van der Waals surface area (Å²) in [5.74, 6) is 0. The van der Waals surface area contributed by atoms with Gasteiger partial charge in [-0.2, -0.15) is 13.2 Å². The van der Waals surface area contributed by atoms with Gasteiger partial charge >= 0.3 is 6.18 Å². The van der Waals surface area contributed by atoms with Crippen molar-refractivity contribution in [3.63, 3.8) is 0 Å². The molecule has 0 spiro atoms. The standard InChI is InChI=1S/C7H12F3NOS/c1-4(2)11-6(12)13-5(3)7(8,9)10/h4-5H,1-3H3,(H,11,12). The number of alkyl halides is 3. The lowest BCUT2D eigenvalue weighted by Crippen LogP contribution is -2.31. The molecule has 6 heteroatoms. The van der Waals surface area contributed by atoms with E-state index in [0.717, 1.165) is 6.92 Å². The fraction of sp³-hybridized carbons (Fsp3) is 0.857. The predicted molar refractivity (Wildman–Crippen MR) is 46.8 cm³/mol. The molecule has 13 heavy (non-hydrogen) atoms. The van der Waals surface area contributed by atoms with Crippen molar-refractivity contribution in [2.24, 2.45) is 0 Å². The van der Waals surface area contributed by atoms with E-state index >= 15 is 0 Å². The molecule has 0 heterocycles. The molecule has 0 aliphatic rings. The van der Waals surface area contributed by atoms with Crippen LogP contribution in [0.3, 0.4) is 0 Å². The minimum atomic E-state index is -4.32. The first-order valence-electron chi connectivity index (χ1n) is 3.77. The molecular weight excluding hydrogens is 203 g/mol. The summed E-state index contributed by atoms with van der Waals surface area (Å²) >= 11 is 0.260. The smallest absolute Gasteiger partial charge is 0.345 e. The number of thioether (sulfide) groups is 1. The average Bonchev–Trinajstić information content (AvgIpc) is 1.82. The van der Waals surface area contributed by atoms with Crippen LogP contribution < -0.4 is 5.32 Å².